The largest absolute Gasteiger partial charge is 0.334 e. The summed E-state index contributed by atoms with van der Waals surface area (Å²) in [6, 6.07) is 12.6. The van der Waals surface area contributed by atoms with E-state index in [1.165, 1.54) is 11.0 Å². The second-order valence-corrected chi connectivity index (χ2v) is 8.24. The topological polar surface area (TPSA) is 34.0 Å². The molecule has 0 bridgehead atoms. The van der Waals surface area contributed by atoms with E-state index < -0.39 is 5.82 Å². The first kappa shape index (κ1) is 15.7. The molecule has 1 N–H and O–H groups in total. The van der Waals surface area contributed by atoms with Gasteiger partial charge in [0.2, 0.25) is 0 Å². The third-order valence-corrected chi connectivity index (χ3v) is 5.69. The predicted octanol–water partition coefficient (Wildman–Crippen LogP) is 5.29. The molecule has 0 saturated heterocycles. The highest BCUT2D eigenvalue weighted by atomic mass is 79.9. The molecule has 24 heavy (non-hydrogen) atoms. The Kier molecular flexibility index (Phi) is 3.89. The van der Waals surface area contributed by atoms with Crippen LogP contribution in [0.5, 0.6) is 0 Å². The van der Waals surface area contributed by atoms with Crippen LogP contribution >= 0.6 is 27.7 Å². The van der Waals surface area contributed by atoms with Gasteiger partial charge in [0.05, 0.1) is 11.2 Å². The smallest absolute Gasteiger partial charge is 0.272 e. The Morgan fingerprint density at radius 3 is 2.96 bits per heavy atom. The fourth-order valence-electron chi connectivity index (χ4n) is 3.05. The lowest BCUT2D eigenvalue weighted by molar-refractivity contribution is 0.101. The Bertz CT molecular complexity index is 969. The molecule has 122 valence electrons. The molecule has 4 rings (SSSR count). The van der Waals surface area contributed by atoms with Crippen molar-refractivity contribution in [2.45, 2.75) is 23.6 Å². The number of carbonyl (C=O) groups is 1. The Hall–Kier alpha value is -1.79. The lowest BCUT2D eigenvalue weighted by atomic mass is 10.2. The summed E-state index contributed by atoms with van der Waals surface area (Å²) in [6.45, 7) is 2.90. The normalized spacial score (nSPS) is 16.4. The van der Waals surface area contributed by atoms with Gasteiger partial charge in [-0.2, -0.15) is 0 Å². The van der Waals surface area contributed by atoms with Gasteiger partial charge in [0.25, 0.3) is 5.91 Å². The third-order valence-electron chi connectivity index (χ3n) is 4.06. The van der Waals surface area contributed by atoms with Gasteiger partial charge >= 0.3 is 0 Å². The Balaban J connectivity index is 1.76. The van der Waals surface area contributed by atoms with Crippen molar-refractivity contribution in [2.24, 2.45) is 0 Å². The zero-order valence-corrected chi connectivity index (χ0v) is 15.2. The van der Waals surface area contributed by atoms with E-state index in [1.807, 2.05) is 34.5 Å². The molecule has 1 atom stereocenters. The highest BCUT2D eigenvalue weighted by molar-refractivity contribution is 9.10. The number of nitrogens with zero attached hydrogens (tertiary/aromatic N) is 1. The molecule has 0 radical (unpaired) electrons. The van der Waals surface area contributed by atoms with E-state index in [4.69, 9.17) is 0 Å². The van der Waals surface area contributed by atoms with Gasteiger partial charge in [-0.3, -0.25) is 4.79 Å². The maximum Gasteiger partial charge on any atom is 0.272 e. The van der Waals surface area contributed by atoms with Crippen LogP contribution in [0.25, 0.3) is 10.9 Å². The number of hydrogen-bond acceptors (Lipinski definition) is 2. The molecule has 1 aromatic heterocycles. The predicted molar refractivity (Wildman–Crippen MR) is 99.3 cm³/mol. The van der Waals surface area contributed by atoms with Crippen LogP contribution in [-0.2, 0) is 6.54 Å². The second-order valence-electron chi connectivity index (χ2n) is 5.84. The Morgan fingerprint density at radius 1 is 1.33 bits per heavy atom. The standard InChI is InChI=1S/C18H14BrFN2OS/c1-10-9-22-15(7-11-3-2-4-16(24-10)17(11)22)18(23)21-14-6-5-12(19)8-13(14)20/h2-8,10H,9H2,1H3,(H,21,23)/t10-/m0/s1. The fourth-order valence-corrected chi connectivity index (χ4v) is 4.54. The van der Waals surface area contributed by atoms with Crippen LogP contribution < -0.4 is 5.32 Å². The second kappa shape index (κ2) is 5.93. The van der Waals surface area contributed by atoms with Crippen molar-refractivity contribution in [2.75, 3.05) is 5.32 Å². The summed E-state index contributed by atoms with van der Waals surface area (Å²) in [7, 11) is 0. The molecular formula is C18H14BrFN2OS. The average molecular weight is 405 g/mol. The van der Waals surface area contributed by atoms with Crippen molar-refractivity contribution in [1.82, 2.24) is 4.57 Å². The first-order valence-electron chi connectivity index (χ1n) is 7.58. The fraction of sp³-hybridized carbons (Fsp3) is 0.167. The van der Waals surface area contributed by atoms with Crippen LogP contribution in [0.15, 0.2) is 51.8 Å². The van der Waals surface area contributed by atoms with Gasteiger partial charge < -0.3 is 9.88 Å². The third kappa shape index (κ3) is 2.63. The molecule has 6 heteroatoms. The zero-order chi connectivity index (χ0) is 16.8. The number of carbonyl (C=O) groups excluding carboxylic acids is 1. The number of anilines is 1. The summed E-state index contributed by atoms with van der Waals surface area (Å²) in [5, 5.41) is 4.10. The van der Waals surface area contributed by atoms with Crippen molar-refractivity contribution >= 4 is 50.2 Å². The van der Waals surface area contributed by atoms with Crippen LogP contribution in [0.1, 0.15) is 17.4 Å². The molecular weight excluding hydrogens is 391 g/mol. The number of aromatic nitrogens is 1. The van der Waals surface area contributed by atoms with E-state index in [9.17, 15) is 9.18 Å². The van der Waals surface area contributed by atoms with Gasteiger partial charge in [0.15, 0.2) is 0 Å². The SMILES string of the molecule is C[C@H]1Cn2c(C(=O)Nc3ccc(Br)cc3F)cc3cccc(c32)S1. The monoisotopic (exact) mass is 404 g/mol. The van der Waals surface area contributed by atoms with Crippen LogP contribution in [0.3, 0.4) is 0 Å². The summed E-state index contributed by atoms with van der Waals surface area (Å²) in [5.41, 5.74) is 1.83. The van der Waals surface area contributed by atoms with Crippen LogP contribution in [0, 0.1) is 5.82 Å². The number of thioether (sulfide) groups is 1. The molecule has 1 aliphatic rings. The van der Waals surface area contributed by atoms with Crippen molar-refractivity contribution in [3.8, 4) is 0 Å². The summed E-state index contributed by atoms with van der Waals surface area (Å²) in [6.07, 6.45) is 0. The Morgan fingerprint density at radius 2 is 2.17 bits per heavy atom. The number of nitrogens with one attached hydrogen (secondary N) is 1. The van der Waals surface area contributed by atoms with Crippen molar-refractivity contribution in [3.63, 3.8) is 0 Å². The minimum Gasteiger partial charge on any atom is -0.334 e. The van der Waals surface area contributed by atoms with E-state index in [2.05, 4.69) is 34.2 Å². The van der Waals surface area contributed by atoms with Gasteiger partial charge in [-0.25, -0.2) is 4.39 Å². The Labute approximate surface area is 151 Å². The zero-order valence-electron chi connectivity index (χ0n) is 12.8. The quantitative estimate of drug-likeness (QED) is 0.629. The summed E-state index contributed by atoms with van der Waals surface area (Å²) in [5.74, 6) is -0.755. The highest BCUT2D eigenvalue weighted by Gasteiger charge is 2.24. The van der Waals surface area contributed by atoms with Gasteiger partial charge in [-0.1, -0.05) is 35.0 Å². The van der Waals surface area contributed by atoms with Crippen LogP contribution in [0.2, 0.25) is 0 Å². The number of benzene rings is 2. The van der Waals surface area contributed by atoms with E-state index in [-0.39, 0.29) is 11.6 Å². The summed E-state index contributed by atoms with van der Waals surface area (Å²) < 4.78 is 16.7. The number of halogens is 2. The number of amides is 1. The lowest BCUT2D eigenvalue weighted by Crippen LogP contribution is -2.22. The summed E-state index contributed by atoms with van der Waals surface area (Å²) >= 11 is 5.04. The summed E-state index contributed by atoms with van der Waals surface area (Å²) in [4.78, 5) is 13.9. The maximum absolute atomic E-state index is 14.0. The maximum atomic E-state index is 14.0. The number of rotatable bonds is 2. The van der Waals surface area contributed by atoms with Crippen LogP contribution in [0.4, 0.5) is 10.1 Å². The van der Waals surface area contributed by atoms with Gasteiger partial charge in [-0.05, 0) is 30.3 Å². The molecule has 0 fully saturated rings. The molecule has 3 nitrogen and oxygen atoms in total. The molecule has 1 aliphatic heterocycles. The molecule has 0 spiro atoms. The van der Waals surface area contributed by atoms with Gasteiger partial charge in [0, 0.05) is 26.5 Å². The highest BCUT2D eigenvalue weighted by Crippen LogP contribution is 2.38. The van der Waals surface area contributed by atoms with E-state index >= 15 is 0 Å². The first-order valence-corrected chi connectivity index (χ1v) is 9.25. The van der Waals surface area contributed by atoms with Gasteiger partial charge in [0.1, 0.15) is 11.5 Å². The number of hydrogen-bond donors (Lipinski definition) is 1. The van der Waals surface area contributed by atoms with E-state index in [0.29, 0.717) is 15.4 Å². The van der Waals surface area contributed by atoms with E-state index in [1.54, 1.807) is 12.1 Å². The van der Waals surface area contributed by atoms with Crippen molar-refractivity contribution < 1.29 is 9.18 Å². The minimum atomic E-state index is -0.461. The molecule has 0 aliphatic carbocycles. The number of para-hydroxylation sites is 1. The van der Waals surface area contributed by atoms with Crippen LogP contribution in [-0.4, -0.2) is 15.7 Å². The molecule has 1 amide bonds. The minimum absolute atomic E-state index is 0.180. The van der Waals surface area contributed by atoms with Gasteiger partial charge in [-0.15, -0.1) is 11.8 Å². The van der Waals surface area contributed by atoms with Crippen molar-refractivity contribution in [1.29, 1.82) is 0 Å². The molecule has 3 aromatic rings. The molecule has 0 unspecified atom stereocenters. The molecule has 2 heterocycles. The van der Waals surface area contributed by atoms with Crippen molar-refractivity contribution in [3.05, 3.63) is 58.4 Å². The van der Waals surface area contributed by atoms with E-state index in [0.717, 1.165) is 17.4 Å². The molecule has 0 saturated carbocycles. The first-order chi connectivity index (χ1) is 11.5. The lowest BCUT2D eigenvalue weighted by Gasteiger charge is -2.22. The molecule has 2 aromatic carbocycles. The average Bonchev–Trinajstić information content (AvgIpc) is 2.90.